The van der Waals surface area contributed by atoms with Gasteiger partial charge in [-0.2, -0.15) is 0 Å². The van der Waals surface area contributed by atoms with Gasteiger partial charge in [0.1, 0.15) is 11.7 Å². The van der Waals surface area contributed by atoms with Crippen molar-refractivity contribution in [1.29, 1.82) is 0 Å². The molecule has 1 aliphatic rings. The number of nitrogens with one attached hydrogen (secondary N) is 1. The largest absolute Gasteiger partial charge is 0.375 e. The van der Waals surface area contributed by atoms with E-state index in [9.17, 15) is 17.2 Å². The maximum absolute atomic E-state index is 15.1. The molecule has 1 unspecified atom stereocenters. The van der Waals surface area contributed by atoms with E-state index >= 15 is 4.39 Å². The molecule has 1 N–H and O–H groups in total. The van der Waals surface area contributed by atoms with Gasteiger partial charge in [0.05, 0.1) is 28.4 Å². The van der Waals surface area contributed by atoms with Crippen molar-refractivity contribution in [3.63, 3.8) is 0 Å². The molecule has 206 valence electrons. The SMILES string of the molecule is C=C(F)C(=CC(C1=C(CC)NC(C)(C)C(=NC)N1C(=C)C)C(F)F)c1cccc2c1ccn2S(=O)(=O)CC. The summed E-state index contributed by atoms with van der Waals surface area (Å²) in [5.41, 5.74) is 1.07. The number of aromatic nitrogens is 1. The van der Waals surface area contributed by atoms with Crippen LogP contribution in [-0.2, 0) is 10.0 Å². The minimum atomic E-state index is -3.63. The van der Waals surface area contributed by atoms with E-state index in [2.05, 4.69) is 23.5 Å². The van der Waals surface area contributed by atoms with Gasteiger partial charge in [-0.05, 0) is 51.8 Å². The van der Waals surface area contributed by atoms with Crippen LogP contribution in [0.1, 0.15) is 46.6 Å². The van der Waals surface area contributed by atoms with Crippen molar-refractivity contribution >= 4 is 32.3 Å². The highest BCUT2D eigenvalue weighted by Crippen LogP contribution is 2.40. The van der Waals surface area contributed by atoms with E-state index in [1.807, 2.05) is 20.8 Å². The molecule has 0 aliphatic carbocycles. The summed E-state index contributed by atoms with van der Waals surface area (Å²) in [5, 5.41) is 3.73. The zero-order chi connectivity index (χ0) is 28.6. The smallest absolute Gasteiger partial charge is 0.250 e. The molecule has 1 aromatic heterocycles. The van der Waals surface area contributed by atoms with Crippen LogP contribution in [0, 0.1) is 5.92 Å². The minimum absolute atomic E-state index is 0.137. The number of amidine groups is 1. The number of alkyl halides is 2. The molecule has 3 rings (SSSR count). The Morgan fingerprint density at radius 3 is 2.37 bits per heavy atom. The van der Waals surface area contributed by atoms with Gasteiger partial charge in [-0.15, -0.1) is 0 Å². The summed E-state index contributed by atoms with van der Waals surface area (Å²) in [6.45, 7) is 16.3. The molecule has 1 aromatic carbocycles. The number of aliphatic imine (C=N–C) groups is 1. The van der Waals surface area contributed by atoms with E-state index in [-0.39, 0.29) is 22.6 Å². The molecular weight excluding hydrogens is 513 g/mol. The highest BCUT2D eigenvalue weighted by Gasteiger charge is 2.42. The molecule has 0 saturated heterocycles. The number of hydrogen-bond acceptors (Lipinski definition) is 4. The number of nitrogens with zero attached hydrogens (tertiary/aromatic N) is 3. The van der Waals surface area contributed by atoms with Crippen molar-refractivity contribution in [1.82, 2.24) is 14.2 Å². The molecule has 6 nitrogen and oxygen atoms in total. The van der Waals surface area contributed by atoms with Gasteiger partial charge in [-0.1, -0.05) is 38.3 Å². The Kier molecular flexibility index (Phi) is 8.36. The van der Waals surface area contributed by atoms with Gasteiger partial charge in [0.2, 0.25) is 16.4 Å². The maximum Gasteiger partial charge on any atom is 0.250 e. The normalized spacial score (nSPS) is 18.3. The van der Waals surface area contributed by atoms with Crippen molar-refractivity contribution in [2.45, 2.75) is 53.0 Å². The first kappa shape index (κ1) is 29.3. The number of hydrogen-bond donors (Lipinski definition) is 1. The fraction of sp³-hybridized carbons (Fsp3) is 0.393. The van der Waals surface area contributed by atoms with Crippen LogP contribution in [0.4, 0.5) is 13.2 Å². The van der Waals surface area contributed by atoms with Crippen LogP contribution >= 0.6 is 0 Å². The third-order valence-corrected chi connectivity index (χ3v) is 8.26. The van der Waals surface area contributed by atoms with Crippen LogP contribution in [0.3, 0.4) is 0 Å². The van der Waals surface area contributed by atoms with E-state index in [1.165, 1.54) is 25.3 Å². The summed E-state index contributed by atoms with van der Waals surface area (Å²) < 4.78 is 71.1. The van der Waals surface area contributed by atoms with Crippen LogP contribution in [0.2, 0.25) is 0 Å². The van der Waals surface area contributed by atoms with E-state index in [0.717, 1.165) is 3.97 Å². The summed E-state index contributed by atoms with van der Waals surface area (Å²) in [6.07, 6.45) is 0.0545. The highest BCUT2D eigenvalue weighted by atomic mass is 32.2. The molecule has 0 radical (unpaired) electrons. The second kappa shape index (κ2) is 10.8. The quantitative estimate of drug-likeness (QED) is 0.366. The molecule has 0 saturated carbocycles. The second-order valence-electron chi connectivity index (χ2n) is 9.68. The van der Waals surface area contributed by atoms with E-state index in [4.69, 9.17) is 0 Å². The molecule has 38 heavy (non-hydrogen) atoms. The lowest BCUT2D eigenvalue weighted by atomic mass is 9.89. The third-order valence-electron chi connectivity index (χ3n) is 6.61. The first-order chi connectivity index (χ1) is 17.7. The van der Waals surface area contributed by atoms with Gasteiger partial charge in [0.25, 0.3) is 0 Å². The molecule has 0 amide bonds. The first-order valence-corrected chi connectivity index (χ1v) is 13.9. The van der Waals surface area contributed by atoms with Gasteiger partial charge < -0.3 is 10.2 Å². The zero-order valence-corrected chi connectivity index (χ0v) is 23.5. The number of fused-ring (bicyclic) bond motifs is 1. The van der Waals surface area contributed by atoms with Crippen LogP contribution in [0.5, 0.6) is 0 Å². The highest BCUT2D eigenvalue weighted by molar-refractivity contribution is 7.90. The Bertz CT molecular complexity index is 1470. The summed E-state index contributed by atoms with van der Waals surface area (Å²) >= 11 is 0. The Morgan fingerprint density at radius 2 is 1.87 bits per heavy atom. The zero-order valence-electron chi connectivity index (χ0n) is 22.6. The molecule has 1 atom stereocenters. The van der Waals surface area contributed by atoms with Crippen molar-refractivity contribution in [2.24, 2.45) is 10.9 Å². The van der Waals surface area contributed by atoms with Crippen LogP contribution in [-0.4, -0.2) is 47.9 Å². The third kappa shape index (κ3) is 5.18. The van der Waals surface area contributed by atoms with Crippen LogP contribution < -0.4 is 5.32 Å². The summed E-state index contributed by atoms with van der Waals surface area (Å²) in [7, 11) is -2.05. The number of allylic oxidation sites excluding steroid dienone is 5. The van der Waals surface area contributed by atoms with Gasteiger partial charge >= 0.3 is 0 Å². The average Bonchev–Trinajstić information content (AvgIpc) is 3.29. The maximum atomic E-state index is 15.1. The van der Waals surface area contributed by atoms with E-state index < -0.39 is 33.7 Å². The monoisotopic (exact) mass is 548 g/mol. The van der Waals surface area contributed by atoms with Crippen LogP contribution in [0.25, 0.3) is 16.5 Å². The topological polar surface area (TPSA) is 66.7 Å². The number of halogens is 3. The molecule has 1 aliphatic heterocycles. The molecule has 10 heteroatoms. The summed E-state index contributed by atoms with van der Waals surface area (Å²) in [6, 6.07) is 6.26. The standard InChI is InChI=1S/C28H35F3N4O2S/c1-9-23-25(35(17(3)4)27(32-8)28(6,7)33-23)22(26(30)31)16-21(18(5)29)19-12-11-13-24-20(19)14-15-34(24)38(36,37)10-2/h11-16,22,26,33H,3,5,9-10H2,1-2,4,6-8H3. The molecule has 0 fully saturated rings. The van der Waals surface area contributed by atoms with Gasteiger partial charge in [0.15, 0.2) is 0 Å². The minimum Gasteiger partial charge on any atom is -0.375 e. The molecule has 2 aromatic rings. The summed E-state index contributed by atoms with van der Waals surface area (Å²) in [5.74, 6) is -2.10. The van der Waals surface area contributed by atoms with Gasteiger partial charge in [-0.3, -0.25) is 4.99 Å². The predicted molar refractivity (Wildman–Crippen MR) is 149 cm³/mol. The summed E-state index contributed by atoms with van der Waals surface area (Å²) in [4.78, 5) is 6.00. The van der Waals surface area contributed by atoms with Crippen molar-refractivity contribution in [2.75, 3.05) is 12.8 Å². The average molecular weight is 549 g/mol. The Balaban J connectivity index is 2.33. The second-order valence-corrected chi connectivity index (χ2v) is 11.8. The molecule has 2 heterocycles. The van der Waals surface area contributed by atoms with Crippen LogP contribution in [0.15, 0.2) is 77.6 Å². The Morgan fingerprint density at radius 1 is 1.21 bits per heavy atom. The fourth-order valence-electron chi connectivity index (χ4n) is 4.95. The number of rotatable bonds is 9. The Hall–Kier alpha value is -3.27. The Labute approximate surface area is 223 Å². The lowest BCUT2D eigenvalue weighted by molar-refractivity contribution is 0.105. The van der Waals surface area contributed by atoms with E-state index in [1.54, 1.807) is 37.1 Å². The molecule has 0 spiro atoms. The predicted octanol–water partition coefficient (Wildman–Crippen LogP) is 6.45. The van der Waals surface area contributed by atoms with Crippen molar-refractivity contribution in [3.05, 3.63) is 78.2 Å². The molecular formula is C28H35F3N4O2S. The fourth-order valence-corrected chi connectivity index (χ4v) is 5.93. The molecule has 0 bridgehead atoms. The first-order valence-electron chi connectivity index (χ1n) is 12.3. The van der Waals surface area contributed by atoms with Gasteiger partial charge in [-0.25, -0.2) is 25.6 Å². The van der Waals surface area contributed by atoms with Crippen molar-refractivity contribution < 1.29 is 21.6 Å². The number of benzene rings is 1. The van der Waals surface area contributed by atoms with E-state index in [0.29, 0.717) is 34.6 Å². The van der Waals surface area contributed by atoms with Crippen molar-refractivity contribution in [3.8, 4) is 0 Å². The lowest BCUT2D eigenvalue weighted by Crippen LogP contribution is -2.58. The van der Waals surface area contributed by atoms with Gasteiger partial charge in [0, 0.05) is 35.6 Å². The lowest BCUT2D eigenvalue weighted by Gasteiger charge is -2.46.